The van der Waals surface area contributed by atoms with Crippen LogP contribution in [0.4, 0.5) is 20.7 Å². The Morgan fingerprint density at radius 3 is 2.43 bits per heavy atom. The van der Waals surface area contributed by atoms with E-state index in [1.165, 1.54) is 30.5 Å². The van der Waals surface area contributed by atoms with Crippen molar-refractivity contribution in [1.82, 2.24) is 15.3 Å². The summed E-state index contributed by atoms with van der Waals surface area (Å²) < 4.78 is 18.4. The highest BCUT2D eigenvalue weighted by Crippen LogP contribution is 2.20. The van der Waals surface area contributed by atoms with Gasteiger partial charge in [-0.05, 0) is 42.0 Å². The summed E-state index contributed by atoms with van der Waals surface area (Å²) in [4.78, 5) is 22.3. The largest absolute Gasteiger partial charge is 0.439 e. The number of pyridine rings is 2. The number of carbonyl (C=O) groups excluding carboxylic acids is 1. The second-order valence-corrected chi connectivity index (χ2v) is 6.17. The van der Waals surface area contributed by atoms with Crippen LogP contribution in [0.2, 0.25) is 0 Å². The predicted molar refractivity (Wildman–Crippen MR) is 105 cm³/mol. The van der Waals surface area contributed by atoms with Crippen LogP contribution in [0.3, 0.4) is 0 Å². The Morgan fingerprint density at radius 1 is 1.04 bits per heavy atom. The minimum atomic E-state index is -0.356. The summed E-state index contributed by atoms with van der Waals surface area (Å²) in [6, 6.07) is 12.4. The van der Waals surface area contributed by atoms with Crippen molar-refractivity contribution in [3.05, 3.63) is 72.3 Å². The van der Waals surface area contributed by atoms with Gasteiger partial charge in [0.1, 0.15) is 17.4 Å². The molecule has 2 N–H and O–H groups in total. The van der Waals surface area contributed by atoms with Gasteiger partial charge in [-0.25, -0.2) is 19.2 Å². The number of hydrogen-bond acceptors (Lipinski definition) is 5. The van der Waals surface area contributed by atoms with Gasteiger partial charge in [-0.2, -0.15) is 0 Å². The number of nitrogens with zero attached hydrogens (tertiary/aromatic N) is 3. The van der Waals surface area contributed by atoms with Gasteiger partial charge >= 0.3 is 6.03 Å². The fourth-order valence-electron chi connectivity index (χ4n) is 2.28. The van der Waals surface area contributed by atoms with Crippen molar-refractivity contribution >= 4 is 17.5 Å². The van der Waals surface area contributed by atoms with E-state index in [2.05, 4.69) is 20.6 Å². The first-order valence-corrected chi connectivity index (χ1v) is 8.56. The number of aromatic nitrogens is 2. The number of carbonyl (C=O) groups is 1. The molecule has 0 saturated carbocycles. The van der Waals surface area contributed by atoms with E-state index in [0.29, 0.717) is 23.9 Å². The number of anilines is 2. The van der Waals surface area contributed by atoms with Gasteiger partial charge < -0.3 is 20.3 Å². The van der Waals surface area contributed by atoms with E-state index in [1.807, 2.05) is 31.1 Å². The van der Waals surface area contributed by atoms with Gasteiger partial charge in [-0.1, -0.05) is 6.07 Å². The first-order valence-electron chi connectivity index (χ1n) is 8.56. The molecule has 3 aromatic rings. The number of ether oxygens (including phenoxy) is 1. The maximum Gasteiger partial charge on any atom is 0.319 e. The maximum absolute atomic E-state index is 12.9. The van der Waals surface area contributed by atoms with Crippen LogP contribution in [0, 0.1) is 5.82 Å². The SMILES string of the molecule is CN(C)c1ccc(CNC(=O)Nc2ccc(Oc3ccc(F)cc3)nc2)cn1. The molecule has 8 heteroatoms. The average Bonchev–Trinajstić information content (AvgIpc) is 2.70. The monoisotopic (exact) mass is 381 g/mol. The van der Waals surface area contributed by atoms with Crippen molar-refractivity contribution in [2.45, 2.75) is 6.54 Å². The van der Waals surface area contributed by atoms with Gasteiger partial charge in [-0.15, -0.1) is 0 Å². The van der Waals surface area contributed by atoms with Crippen LogP contribution in [-0.4, -0.2) is 30.1 Å². The molecule has 0 aliphatic heterocycles. The quantitative estimate of drug-likeness (QED) is 0.679. The number of halogens is 1. The third-order valence-electron chi connectivity index (χ3n) is 3.75. The van der Waals surface area contributed by atoms with Crippen LogP contribution < -0.4 is 20.3 Å². The molecule has 2 aromatic heterocycles. The Morgan fingerprint density at radius 2 is 1.82 bits per heavy atom. The van der Waals surface area contributed by atoms with Gasteiger partial charge in [0.15, 0.2) is 0 Å². The fraction of sp³-hybridized carbons (Fsp3) is 0.150. The molecule has 0 saturated heterocycles. The van der Waals surface area contributed by atoms with E-state index in [4.69, 9.17) is 4.74 Å². The lowest BCUT2D eigenvalue weighted by Gasteiger charge is -2.12. The minimum absolute atomic E-state index is 0.338. The summed E-state index contributed by atoms with van der Waals surface area (Å²) in [6.45, 7) is 0.353. The second kappa shape index (κ2) is 8.81. The summed E-state index contributed by atoms with van der Waals surface area (Å²) in [5.41, 5.74) is 1.41. The van der Waals surface area contributed by atoms with E-state index in [-0.39, 0.29) is 11.8 Å². The molecule has 0 aliphatic rings. The standard InChI is InChI=1S/C20H20FN5O2/c1-26(2)18-9-3-14(11-22-18)12-24-20(27)25-16-6-10-19(23-13-16)28-17-7-4-15(21)5-8-17/h3-11,13H,12H2,1-2H3,(H2,24,25,27). The molecule has 144 valence electrons. The smallest absolute Gasteiger partial charge is 0.319 e. The lowest BCUT2D eigenvalue weighted by Crippen LogP contribution is -2.28. The van der Waals surface area contributed by atoms with Crippen molar-refractivity contribution < 1.29 is 13.9 Å². The molecule has 3 rings (SSSR count). The Labute approximate surface area is 162 Å². The fourth-order valence-corrected chi connectivity index (χ4v) is 2.28. The molecule has 7 nitrogen and oxygen atoms in total. The number of benzene rings is 1. The van der Waals surface area contributed by atoms with Gasteiger partial charge in [0.05, 0.1) is 11.9 Å². The Kier molecular flexibility index (Phi) is 6.01. The number of amides is 2. The molecular formula is C20H20FN5O2. The molecule has 0 atom stereocenters. The number of nitrogens with one attached hydrogen (secondary N) is 2. The molecule has 2 amide bonds. The van der Waals surface area contributed by atoms with E-state index in [0.717, 1.165) is 11.4 Å². The van der Waals surface area contributed by atoms with E-state index in [9.17, 15) is 9.18 Å². The van der Waals surface area contributed by atoms with Crippen molar-refractivity contribution in [3.8, 4) is 11.6 Å². The van der Waals surface area contributed by atoms with Crippen molar-refractivity contribution in [3.63, 3.8) is 0 Å². The Balaban J connectivity index is 1.49. The topological polar surface area (TPSA) is 79.4 Å². The van der Waals surface area contributed by atoms with Crippen molar-refractivity contribution in [2.24, 2.45) is 0 Å². The van der Waals surface area contributed by atoms with Crippen LogP contribution in [-0.2, 0) is 6.54 Å². The molecule has 0 unspecified atom stereocenters. The summed E-state index contributed by atoms with van der Waals surface area (Å²) in [7, 11) is 3.83. The zero-order valence-corrected chi connectivity index (χ0v) is 15.5. The predicted octanol–water partition coefficient (Wildman–Crippen LogP) is 3.80. The van der Waals surface area contributed by atoms with Crippen LogP contribution in [0.5, 0.6) is 11.6 Å². The lowest BCUT2D eigenvalue weighted by atomic mass is 10.3. The van der Waals surface area contributed by atoms with Crippen LogP contribution in [0.15, 0.2) is 60.9 Å². The highest BCUT2D eigenvalue weighted by molar-refractivity contribution is 5.88. The number of hydrogen-bond donors (Lipinski definition) is 2. The molecule has 0 fully saturated rings. The molecule has 0 bridgehead atoms. The molecule has 1 aromatic carbocycles. The molecule has 0 radical (unpaired) electrons. The normalized spacial score (nSPS) is 10.2. The summed E-state index contributed by atoms with van der Waals surface area (Å²) in [5, 5.41) is 5.45. The minimum Gasteiger partial charge on any atom is -0.439 e. The summed E-state index contributed by atoms with van der Waals surface area (Å²) in [6.07, 6.45) is 3.20. The molecular weight excluding hydrogens is 361 g/mol. The van der Waals surface area contributed by atoms with E-state index in [1.54, 1.807) is 18.3 Å². The third-order valence-corrected chi connectivity index (χ3v) is 3.75. The summed E-state index contributed by atoms with van der Waals surface area (Å²) >= 11 is 0. The second-order valence-electron chi connectivity index (χ2n) is 6.17. The lowest BCUT2D eigenvalue weighted by molar-refractivity contribution is 0.251. The van der Waals surface area contributed by atoms with E-state index < -0.39 is 0 Å². The van der Waals surface area contributed by atoms with Crippen LogP contribution in [0.25, 0.3) is 0 Å². The van der Waals surface area contributed by atoms with Gasteiger partial charge in [0.25, 0.3) is 0 Å². The average molecular weight is 381 g/mol. The van der Waals surface area contributed by atoms with Crippen LogP contribution in [0.1, 0.15) is 5.56 Å². The van der Waals surface area contributed by atoms with Crippen molar-refractivity contribution in [2.75, 3.05) is 24.3 Å². The highest BCUT2D eigenvalue weighted by atomic mass is 19.1. The molecule has 28 heavy (non-hydrogen) atoms. The zero-order valence-electron chi connectivity index (χ0n) is 15.5. The van der Waals surface area contributed by atoms with Gasteiger partial charge in [0, 0.05) is 32.9 Å². The number of urea groups is 1. The van der Waals surface area contributed by atoms with Crippen molar-refractivity contribution in [1.29, 1.82) is 0 Å². The molecule has 0 aliphatic carbocycles. The molecule has 0 spiro atoms. The zero-order chi connectivity index (χ0) is 19.9. The number of rotatable bonds is 6. The van der Waals surface area contributed by atoms with Gasteiger partial charge in [0.2, 0.25) is 5.88 Å². The Hall–Kier alpha value is -3.68. The maximum atomic E-state index is 12.9. The molecule has 2 heterocycles. The first-order chi connectivity index (χ1) is 13.5. The Bertz CT molecular complexity index is 913. The third kappa shape index (κ3) is 5.41. The summed E-state index contributed by atoms with van der Waals surface area (Å²) in [5.74, 6) is 1.32. The van der Waals surface area contributed by atoms with E-state index >= 15 is 0 Å². The van der Waals surface area contributed by atoms with Crippen LogP contribution >= 0.6 is 0 Å². The highest BCUT2D eigenvalue weighted by Gasteiger charge is 2.05. The first kappa shape index (κ1) is 19.1. The van der Waals surface area contributed by atoms with Gasteiger partial charge in [-0.3, -0.25) is 0 Å².